The van der Waals surface area contributed by atoms with Crippen LogP contribution in [0.1, 0.15) is 33.6 Å². The quantitative estimate of drug-likeness (QED) is 0.193. The Labute approximate surface area is 172 Å². The van der Waals surface area contributed by atoms with E-state index in [-0.39, 0.29) is 25.8 Å². The van der Waals surface area contributed by atoms with E-state index in [4.69, 9.17) is 14.5 Å². The van der Waals surface area contributed by atoms with Crippen LogP contribution in [0.15, 0.2) is 41.4 Å². The molecule has 0 saturated heterocycles. The molecule has 3 unspecified atom stereocenters. The number of esters is 1. The summed E-state index contributed by atoms with van der Waals surface area (Å²) in [7, 11) is 0.139. The Morgan fingerprint density at radius 2 is 1.96 bits per heavy atom. The Morgan fingerprint density at radius 1 is 1.18 bits per heavy atom. The van der Waals surface area contributed by atoms with Gasteiger partial charge in [0.25, 0.3) is 0 Å². The van der Waals surface area contributed by atoms with Crippen molar-refractivity contribution in [3.63, 3.8) is 0 Å². The molecule has 2 rings (SSSR count). The van der Waals surface area contributed by atoms with Crippen LogP contribution in [-0.4, -0.2) is 35.8 Å². The topological polar surface area (TPSA) is 65.5 Å². The predicted octanol–water partition coefficient (Wildman–Crippen LogP) is 5.58. The van der Waals surface area contributed by atoms with Gasteiger partial charge in [-0.1, -0.05) is 43.0 Å². The summed E-state index contributed by atoms with van der Waals surface area (Å²) in [4.78, 5) is 17.4. The molecule has 2 aromatic rings. The van der Waals surface area contributed by atoms with Gasteiger partial charge in [-0.25, -0.2) is 4.98 Å². The molecule has 1 aromatic heterocycles. The monoisotopic (exact) mass is 421 g/mol. The first-order valence-corrected chi connectivity index (χ1v) is 11.6. The van der Waals surface area contributed by atoms with Crippen LogP contribution in [0.3, 0.4) is 0 Å². The van der Waals surface area contributed by atoms with E-state index in [0.29, 0.717) is 25.8 Å². The average Bonchev–Trinajstić information content (AvgIpc) is 2.70. The van der Waals surface area contributed by atoms with Crippen molar-refractivity contribution in [2.45, 2.75) is 44.1 Å². The number of carbonyl (C=O) groups excluding carboxylic acids is 1. The molecule has 0 aliphatic rings. The number of rotatable bonds is 12. The Balaban J connectivity index is 2.22. The van der Waals surface area contributed by atoms with E-state index in [1.807, 2.05) is 50.2 Å². The van der Waals surface area contributed by atoms with E-state index in [0.717, 1.165) is 22.3 Å². The Hall–Kier alpha value is -1.49. The SMILES string of the molecule is CCOC(=O)C(CC(C)CCP=O)C(OCC)Sc1ccc2ccccc2n1. The van der Waals surface area contributed by atoms with E-state index in [2.05, 4.69) is 6.92 Å². The van der Waals surface area contributed by atoms with Gasteiger partial charge in [-0.2, -0.15) is 0 Å². The molecule has 0 saturated carbocycles. The highest BCUT2D eigenvalue weighted by Gasteiger charge is 2.33. The van der Waals surface area contributed by atoms with Crippen LogP contribution in [0.2, 0.25) is 0 Å². The molecule has 1 aromatic carbocycles. The lowest BCUT2D eigenvalue weighted by atomic mass is 9.94. The summed E-state index contributed by atoms with van der Waals surface area (Å²) in [6, 6.07) is 11.9. The summed E-state index contributed by atoms with van der Waals surface area (Å²) >= 11 is 1.46. The summed E-state index contributed by atoms with van der Waals surface area (Å²) in [6.45, 7) is 6.63. The van der Waals surface area contributed by atoms with Crippen molar-refractivity contribution >= 4 is 37.1 Å². The van der Waals surface area contributed by atoms with Gasteiger partial charge in [-0.3, -0.25) is 9.36 Å². The van der Waals surface area contributed by atoms with E-state index in [1.54, 1.807) is 0 Å². The molecular weight excluding hydrogens is 393 g/mol. The fourth-order valence-corrected chi connectivity index (χ4v) is 4.69. The van der Waals surface area contributed by atoms with Crippen molar-refractivity contribution in [2.75, 3.05) is 19.4 Å². The molecular formula is C21H28NO4PS. The third kappa shape index (κ3) is 6.84. The zero-order valence-electron chi connectivity index (χ0n) is 16.7. The van der Waals surface area contributed by atoms with Gasteiger partial charge in [0.05, 0.1) is 23.1 Å². The highest BCUT2D eigenvalue weighted by molar-refractivity contribution is 7.99. The Bertz CT molecular complexity index is 773. The third-order valence-corrected chi connectivity index (χ3v) is 6.03. The van der Waals surface area contributed by atoms with E-state index in [1.165, 1.54) is 11.8 Å². The molecule has 0 amide bonds. The number of fused-ring (bicyclic) bond motifs is 1. The number of para-hydroxylation sites is 1. The maximum Gasteiger partial charge on any atom is 0.312 e. The molecule has 0 fully saturated rings. The first kappa shape index (κ1) is 22.8. The maximum absolute atomic E-state index is 12.7. The number of benzene rings is 1. The van der Waals surface area contributed by atoms with Crippen molar-refractivity contribution in [1.29, 1.82) is 0 Å². The molecule has 7 heteroatoms. The fourth-order valence-electron chi connectivity index (χ4n) is 3.02. The Morgan fingerprint density at radius 3 is 2.68 bits per heavy atom. The number of nitrogens with zero attached hydrogens (tertiary/aromatic N) is 1. The predicted molar refractivity (Wildman–Crippen MR) is 114 cm³/mol. The minimum absolute atomic E-state index is 0.139. The summed E-state index contributed by atoms with van der Waals surface area (Å²) in [6.07, 6.45) is 2.01. The molecule has 28 heavy (non-hydrogen) atoms. The van der Waals surface area contributed by atoms with Crippen LogP contribution in [0.4, 0.5) is 0 Å². The minimum atomic E-state index is -0.406. The van der Waals surface area contributed by atoms with E-state index >= 15 is 0 Å². The highest BCUT2D eigenvalue weighted by Crippen LogP contribution is 2.34. The van der Waals surface area contributed by atoms with Gasteiger partial charge >= 0.3 is 5.97 Å². The second-order valence-corrected chi connectivity index (χ2v) is 8.45. The molecule has 0 bridgehead atoms. The van der Waals surface area contributed by atoms with Crippen LogP contribution < -0.4 is 0 Å². The molecule has 1 heterocycles. The lowest BCUT2D eigenvalue weighted by Gasteiger charge is -2.27. The Kier molecular flexibility index (Phi) is 9.89. The number of carbonyl (C=O) groups is 1. The van der Waals surface area contributed by atoms with Crippen molar-refractivity contribution in [3.8, 4) is 0 Å². The standard InChI is InChI=1S/C21H28NO4PS/c1-4-25-20(23)17(14-15(3)12-13-27-24)21(26-5-2)28-19-11-10-16-8-6-7-9-18(16)22-19/h6-11,15,17,21H,4-5,12-14H2,1-3H3. The van der Waals surface area contributed by atoms with E-state index < -0.39 is 5.92 Å². The van der Waals surface area contributed by atoms with Crippen LogP contribution >= 0.6 is 20.2 Å². The fraction of sp³-hybridized carbons (Fsp3) is 0.524. The minimum Gasteiger partial charge on any atom is -0.466 e. The van der Waals surface area contributed by atoms with E-state index in [9.17, 15) is 9.36 Å². The number of ether oxygens (including phenoxy) is 2. The average molecular weight is 421 g/mol. The summed E-state index contributed by atoms with van der Waals surface area (Å²) in [5.74, 6) is -0.416. The summed E-state index contributed by atoms with van der Waals surface area (Å²) in [5.41, 5.74) is 0.531. The van der Waals surface area contributed by atoms with Gasteiger partial charge in [-0.05, 0) is 44.7 Å². The smallest absolute Gasteiger partial charge is 0.312 e. The molecule has 5 nitrogen and oxygen atoms in total. The molecule has 0 N–H and O–H groups in total. The lowest BCUT2D eigenvalue weighted by Crippen LogP contribution is -2.32. The number of pyridine rings is 1. The summed E-state index contributed by atoms with van der Waals surface area (Å²) < 4.78 is 22.1. The zero-order valence-corrected chi connectivity index (χ0v) is 18.4. The number of thioether (sulfide) groups is 1. The number of hydrogen-bond donors (Lipinski definition) is 0. The first-order chi connectivity index (χ1) is 13.6. The number of aromatic nitrogens is 1. The molecule has 152 valence electrons. The molecule has 0 spiro atoms. The van der Waals surface area contributed by atoms with Crippen LogP contribution in [0.25, 0.3) is 10.9 Å². The largest absolute Gasteiger partial charge is 0.466 e. The lowest BCUT2D eigenvalue weighted by molar-refractivity contribution is -0.151. The van der Waals surface area contributed by atoms with Crippen molar-refractivity contribution in [3.05, 3.63) is 36.4 Å². The molecule has 0 aliphatic carbocycles. The normalized spacial score (nSPS) is 14.7. The van der Waals surface area contributed by atoms with Crippen molar-refractivity contribution in [2.24, 2.45) is 11.8 Å². The number of hydrogen-bond acceptors (Lipinski definition) is 6. The second-order valence-electron chi connectivity index (χ2n) is 6.62. The van der Waals surface area contributed by atoms with Gasteiger partial charge < -0.3 is 9.47 Å². The zero-order chi connectivity index (χ0) is 20.4. The maximum atomic E-state index is 12.7. The van der Waals surface area contributed by atoms with Crippen molar-refractivity contribution < 1.29 is 18.8 Å². The van der Waals surface area contributed by atoms with Crippen LogP contribution in [-0.2, 0) is 18.8 Å². The molecule has 0 radical (unpaired) electrons. The van der Waals surface area contributed by atoms with Gasteiger partial charge in [0.15, 0.2) is 8.46 Å². The van der Waals surface area contributed by atoms with Gasteiger partial charge in [0, 0.05) is 18.2 Å². The van der Waals surface area contributed by atoms with Crippen LogP contribution in [0, 0.1) is 11.8 Å². The van der Waals surface area contributed by atoms with Gasteiger partial charge in [-0.15, -0.1) is 0 Å². The molecule has 3 atom stereocenters. The third-order valence-electron chi connectivity index (χ3n) is 4.43. The highest BCUT2D eigenvalue weighted by atomic mass is 32.2. The second kappa shape index (κ2) is 12.2. The van der Waals surface area contributed by atoms with Crippen LogP contribution in [0.5, 0.6) is 0 Å². The van der Waals surface area contributed by atoms with Crippen molar-refractivity contribution in [1.82, 2.24) is 4.98 Å². The summed E-state index contributed by atoms with van der Waals surface area (Å²) in [5, 5.41) is 1.89. The first-order valence-electron chi connectivity index (χ1n) is 9.68. The molecule has 0 aliphatic heterocycles. The van der Waals surface area contributed by atoms with Gasteiger partial charge in [0.2, 0.25) is 0 Å². The van der Waals surface area contributed by atoms with Gasteiger partial charge in [0.1, 0.15) is 5.44 Å².